The van der Waals surface area contributed by atoms with Gasteiger partial charge in [-0.3, -0.25) is 4.57 Å². The van der Waals surface area contributed by atoms with Crippen molar-refractivity contribution in [1.82, 2.24) is 24.1 Å². The topological polar surface area (TPSA) is 74.0 Å². The summed E-state index contributed by atoms with van der Waals surface area (Å²) in [6, 6.07) is 10.2. The van der Waals surface area contributed by atoms with Crippen LogP contribution >= 0.6 is 11.3 Å². The largest absolute Gasteiger partial charge is 0.383 e. The molecule has 0 saturated heterocycles. The monoisotopic (exact) mass is 332 g/mol. The minimum absolute atomic E-state index is 0.587. The van der Waals surface area contributed by atoms with Gasteiger partial charge in [-0.2, -0.15) is 9.61 Å². The van der Waals surface area contributed by atoms with Gasteiger partial charge in [-0.25, -0.2) is 9.97 Å². The Balaban J connectivity index is 1.69. The highest BCUT2D eigenvalue weighted by molar-refractivity contribution is 7.12. The lowest BCUT2D eigenvalue weighted by atomic mass is 10.1. The molecule has 1 aromatic carbocycles. The average molecular weight is 332 g/mol. The second kappa shape index (κ2) is 4.90. The van der Waals surface area contributed by atoms with Crippen molar-refractivity contribution in [1.29, 1.82) is 0 Å². The molecule has 0 saturated carbocycles. The van der Waals surface area contributed by atoms with Crippen molar-refractivity contribution >= 4 is 33.7 Å². The van der Waals surface area contributed by atoms with Crippen molar-refractivity contribution in [2.45, 2.75) is 0 Å². The normalized spacial score (nSPS) is 11.5. The summed E-state index contributed by atoms with van der Waals surface area (Å²) in [7, 11) is 0. The summed E-state index contributed by atoms with van der Waals surface area (Å²) in [5, 5.41) is 8.28. The standard InChI is InChI=1S/C17H12N6S/c18-16-13(10-20-15-3-5-21-23(15)16)11-1-2-14-12(9-11)4-7-22(14)17-19-6-8-24-17/h1-10H,18H2. The van der Waals surface area contributed by atoms with E-state index in [1.54, 1.807) is 28.2 Å². The van der Waals surface area contributed by atoms with E-state index < -0.39 is 0 Å². The first-order valence-electron chi connectivity index (χ1n) is 7.41. The molecule has 0 spiro atoms. The zero-order valence-electron chi connectivity index (χ0n) is 12.5. The number of nitrogen functional groups attached to an aromatic ring is 1. The molecule has 0 aliphatic rings. The Bertz CT molecular complexity index is 1170. The summed E-state index contributed by atoms with van der Waals surface area (Å²) < 4.78 is 3.74. The fourth-order valence-electron chi connectivity index (χ4n) is 2.92. The van der Waals surface area contributed by atoms with Gasteiger partial charge in [-0.15, -0.1) is 11.3 Å². The van der Waals surface area contributed by atoms with Crippen molar-refractivity contribution in [2.24, 2.45) is 0 Å². The van der Waals surface area contributed by atoms with Crippen molar-refractivity contribution in [2.75, 3.05) is 5.73 Å². The van der Waals surface area contributed by atoms with Crippen LogP contribution in [0.5, 0.6) is 0 Å². The Morgan fingerprint density at radius 2 is 2.00 bits per heavy atom. The number of hydrogen-bond donors (Lipinski definition) is 1. The van der Waals surface area contributed by atoms with E-state index in [2.05, 4.69) is 43.9 Å². The number of nitrogens with two attached hydrogens (primary N) is 1. The molecular weight excluding hydrogens is 320 g/mol. The van der Waals surface area contributed by atoms with Gasteiger partial charge in [0.2, 0.25) is 0 Å². The first kappa shape index (κ1) is 13.3. The molecule has 6 nitrogen and oxygen atoms in total. The zero-order valence-corrected chi connectivity index (χ0v) is 13.3. The lowest BCUT2D eigenvalue weighted by molar-refractivity contribution is 0.954. The molecule has 7 heteroatoms. The Labute approximate surface area is 140 Å². The predicted molar refractivity (Wildman–Crippen MR) is 95.3 cm³/mol. The quantitative estimate of drug-likeness (QED) is 0.538. The van der Waals surface area contributed by atoms with E-state index in [0.29, 0.717) is 5.82 Å². The summed E-state index contributed by atoms with van der Waals surface area (Å²) >= 11 is 1.61. The molecule has 24 heavy (non-hydrogen) atoms. The molecule has 0 bridgehead atoms. The number of benzene rings is 1. The lowest BCUT2D eigenvalue weighted by Crippen LogP contribution is -2.02. The molecule has 0 unspecified atom stereocenters. The minimum Gasteiger partial charge on any atom is -0.383 e. The third-order valence-corrected chi connectivity index (χ3v) is 4.85. The number of thiazole rings is 1. The number of nitrogens with zero attached hydrogens (tertiary/aromatic N) is 5. The van der Waals surface area contributed by atoms with Gasteiger partial charge in [0.1, 0.15) is 5.82 Å². The summed E-state index contributed by atoms with van der Waals surface area (Å²) in [6.45, 7) is 0. The predicted octanol–water partition coefficient (Wildman–Crippen LogP) is 3.38. The van der Waals surface area contributed by atoms with E-state index >= 15 is 0 Å². The van der Waals surface area contributed by atoms with Gasteiger partial charge < -0.3 is 5.73 Å². The van der Waals surface area contributed by atoms with Gasteiger partial charge in [-0.05, 0) is 23.8 Å². The van der Waals surface area contributed by atoms with Crippen LogP contribution < -0.4 is 5.73 Å². The van der Waals surface area contributed by atoms with Crippen molar-refractivity contribution in [3.63, 3.8) is 0 Å². The van der Waals surface area contributed by atoms with E-state index in [0.717, 1.165) is 32.8 Å². The average Bonchev–Trinajstić information content (AvgIpc) is 3.34. The van der Waals surface area contributed by atoms with Crippen molar-refractivity contribution in [3.05, 3.63) is 60.5 Å². The maximum absolute atomic E-state index is 6.27. The van der Waals surface area contributed by atoms with E-state index in [9.17, 15) is 0 Å². The number of fused-ring (bicyclic) bond motifs is 2. The third-order valence-electron chi connectivity index (χ3n) is 4.08. The van der Waals surface area contributed by atoms with Gasteiger partial charge in [0.05, 0.1) is 11.7 Å². The summed E-state index contributed by atoms with van der Waals surface area (Å²) in [5.41, 5.74) is 10.0. The fourth-order valence-corrected chi connectivity index (χ4v) is 3.56. The molecule has 5 aromatic rings. The van der Waals surface area contributed by atoms with Crippen molar-refractivity contribution in [3.8, 4) is 16.3 Å². The van der Waals surface area contributed by atoms with Crippen LogP contribution in [0.1, 0.15) is 0 Å². The van der Waals surface area contributed by atoms with Crippen molar-refractivity contribution < 1.29 is 0 Å². The number of hydrogen-bond acceptors (Lipinski definition) is 5. The van der Waals surface area contributed by atoms with Crippen LogP contribution in [0.4, 0.5) is 5.82 Å². The smallest absolute Gasteiger partial charge is 0.193 e. The number of anilines is 1. The highest BCUT2D eigenvalue weighted by Crippen LogP contribution is 2.30. The van der Waals surface area contributed by atoms with E-state index in [-0.39, 0.29) is 0 Å². The highest BCUT2D eigenvalue weighted by atomic mass is 32.1. The highest BCUT2D eigenvalue weighted by Gasteiger charge is 2.11. The summed E-state index contributed by atoms with van der Waals surface area (Å²) in [5.74, 6) is 0.587. The molecule has 116 valence electrons. The molecule has 0 atom stereocenters. The second-order valence-electron chi connectivity index (χ2n) is 5.43. The molecule has 0 fully saturated rings. The zero-order chi connectivity index (χ0) is 16.1. The van der Waals surface area contributed by atoms with Crippen LogP contribution in [0.25, 0.3) is 32.8 Å². The van der Waals surface area contributed by atoms with E-state index in [1.165, 1.54) is 0 Å². The van der Waals surface area contributed by atoms with Crippen LogP contribution in [-0.2, 0) is 0 Å². The summed E-state index contributed by atoms with van der Waals surface area (Å²) in [6.07, 6.45) is 7.34. The SMILES string of the molecule is Nc1c(-c2ccc3c(ccn3-c3nccs3)c2)cnc2ccnn12. The first-order valence-corrected chi connectivity index (χ1v) is 8.29. The molecule has 2 N–H and O–H groups in total. The van der Waals surface area contributed by atoms with Crippen LogP contribution in [0, 0.1) is 0 Å². The van der Waals surface area contributed by atoms with Crippen LogP contribution in [0.3, 0.4) is 0 Å². The fraction of sp³-hybridized carbons (Fsp3) is 0. The van der Waals surface area contributed by atoms with E-state index in [1.807, 2.05) is 23.8 Å². The van der Waals surface area contributed by atoms with Gasteiger partial charge in [0.15, 0.2) is 10.8 Å². The molecule has 4 aromatic heterocycles. The third kappa shape index (κ3) is 1.85. The first-order chi connectivity index (χ1) is 11.8. The molecule has 4 heterocycles. The molecular formula is C17H12N6S. The van der Waals surface area contributed by atoms with Crippen LogP contribution in [0.15, 0.2) is 60.5 Å². The number of rotatable bonds is 2. The maximum atomic E-state index is 6.27. The minimum atomic E-state index is 0.587. The Kier molecular flexibility index (Phi) is 2.71. The molecule has 0 amide bonds. The molecule has 0 radical (unpaired) electrons. The Morgan fingerprint density at radius 3 is 2.88 bits per heavy atom. The van der Waals surface area contributed by atoms with Crippen LogP contribution in [-0.4, -0.2) is 24.1 Å². The summed E-state index contributed by atoms with van der Waals surface area (Å²) in [4.78, 5) is 8.78. The molecule has 0 aliphatic heterocycles. The van der Waals surface area contributed by atoms with Gasteiger partial charge in [-0.1, -0.05) is 6.07 Å². The Morgan fingerprint density at radius 1 is 1.04 bits per heavy atom. The maximum Gasteiger partial charge on any atom is 0.193 e. The molecule has 0 aliphatic carbocycles. The van der Waals surface area contributed by atoms with E-state index in [4.69, 9.17) is 5.73 Å². The van der Waals surface area contributed by atoms with Crippen LogP contribution in [0.2, 0.25) is 0 Å². The van der Waals surface area contributed by atoms with Gasteiger partial charge in [0.25, 0.3) is 0 Å². The second-order valence-corrected chi connectivity index (χ2v) is 6.31. The lowest BCUT2D eigenvalue weighted by Gasteiger charge is -2.08. The molecule has 5 rings (SSSR count). The Hall–Kier alpha value is -3.19. The number of aromatic nitrogens is 5. The van der Waals surface area contributed by atoms with Gasteiger partial charge >= 0.3 is 0 Å². The van der Waals surface area contributed by atoms with Gasteiger partial charge in [0, 0.05) is 41.0 Å².